The summed E-state index contributed by atoms with van der Waals surface area (Å²) >= 11 is 0. The zero-order valence-corrected chi connectivity index (χ0v) is 16.6. The van der Waals surface area contributed by atoms with Crippen molar-refractivity contribution in [1.82, 2.24) is 9.97 Å². The first-order valence-electron chi connectivity index (χ1n) is 10.4. The highest BCUT2D eigenvalue weighted by atomic mass is 16.1. The maximum absolute atomic E-state index is 12.7. The largest absolute Gasteiger partial charge is 0.372 e. The Labute approximate surface area is 167 Å². The van der Waals surface area contributed by atoms with E-state index >= 15 is 0 Å². The number of nitrogens with one attached hydrogen (secondary N) is 1. The van der Waals surface area contributed by atoms with Gasteiger partial charge < -0.3 is 15.1 Å². The van der Waals surface area contributed by atoms with Crippen molar-refractivity contribution in [2.45, 2.75) is 39.0 Å². The predicted molar refractivity (Wildman–Crippen MR) is 113 cm³/mol. The maximum atomic E-state index is 12.7. The lowest BCUT2D eigenvalue weighted by Gasteiger charge is -2.31. The molecule has 1 aromatic heterocycles. The number of rotatable bonds is 4. The smallest absolute Gasteiger partial charge is 0.274 e. The fraction of sp³-hybridized carbons (Fsp3) is 0.500. The van der Waals surface area contributed by atoms with Crippen LogP contribution < -0.4 is 15.1 Å². The number of carbonyl (C=O) groups excluding carboxylic acids is 1. The molecule has 0 saturated carbocycles. The van der Waals surface area contributed by atoms with Crippen LogP contribution in [0.25, 0.3) is 0 Å². The first-order chi connectivity index (χ1) is 13.7. The molecule has 4 rings (SSSR count). The second kappa shape index (κ2) is 8.59. The molecule has 1 atom stereocenters. The summed E-state index contributed by atoms with van der Waals surface area (Å²) in [4.78, 5) is 25.9. The van der Waals surface area contributed by atoms with Gasteiger partial charge in [0.2, 0.25) is 0 Å². The van der Waals surface area contributed by atoms with E-state index in [1.165, 1.54) is 37.7 Å². The van der Waals surface area contributed by atoms with Gasteiger partial charge in [0.15, 0.2) is 0 Å². The zero-order valence-electron chi connectivity index (χ0n) is 16.6. The number of piperidine rings is 2. The minimum atomic E-state index is -0.195. The van der Waals surface area contributed by atoms with Gasteiger partial charge in [-0.1, -0.05) is 6.92 Å². The lowest BCUT2D eigenvalue weighted by atomic mass is 10.0. The SMILES string of the molecule is CC1CCCN(c2cc(C(=O)Nc3ccc(N4CCCCC4)cc3)ncn2)C1. The minimum Gasteiger partial charge on any atom is -0.372 e. The second-order valence-electron chi connectivity index (χ2n) is 8.00. The van der Waals surface area contributed by atoms with E-state index in [1.807, 2.05) is 12.1 Å². The third-order valence-corrected chi connectivity index (χ3v) is 5.71. The van der Waals surface area contributed by atoms with Gasteiger partial charge in [-0.3, -0.25) is 4.79 Å². The minimum absolute atomic E-state index is 0.195. The van der Waals surface area contributed by atoms with Gasteiger partial charge in [0.25, 0.3) is 5.91 Å². The first kappa shape index (κ1) is 18.7. The molecule has 2 aromatic rings. The van der Waals surface area contributed by atoms with E-state index in [-0.39, 0.29) is 5.91 Å². The van der Waals surface area contributed by atoms with Crippen LogP contribution in [-0.2, 0) is 0 Å². The van der Waals surface area contributed by atoms with Crippen LogP contribution in [0.4, 0.5) is 17.2 Å². The van der Waals surface area contributed by atoms with Gasteiger partial charge in [-0.2, -0.15) is 0 Å². The van der Waals surface area contributed by atoms with Gasteiger partial charge in [-0.05, 0) is 62.3 Å². The van der Waals surface area contributed by atoms with E-state index in [4.69, 9.17) is 0 Å². The number of hydrogen-bond donors (Lipinski definition) is 1. The van der Waals surface area contributed by atoms with Crippen LogP contribution in [0, 0.1) is 5.92 Å². The quantitative estimate of drug-likeness (QED) is 0.871. The molecule has 0 bridgehead atoms. The van der Waals surface area contributed by atoms with E-state index in [0.717, 1.165) is 44.1 Å². The number of aromatic nitrogens is 2. The van der Waals surface area contributed by atoms with E-state index in [2.05, 4.69) is 44.1 Å². The zero-order chi connectivity index (χ0) is 19.3. The highest BCUT2D eigenvalue weighted by molar-refractivity contribution is 6.03. The van der Waals surface area contributed by atoms with Gasteiger partial charge in [-0.15, -0.1) is 0 Å². The Kier molecular flexibility index (Phi) is 5.74. The molecule has 1 N–H and O–H groups in total. The number of carbonyl (C=O) groups is 1. The summed E-state index contributed by atoms with van der Waals surface area (Å²) in [6.07, 6.45) is 7.73. The summed E-state index contributed by atoms with van der Waals surface area (Å²) in [6.45, 7) is 6.46. The summed E-state index contributed by atoms with van der Waals surface area (Å²) in [5, 5.41) is 2.96. The van der Waals surface area contributed by atoms with Crippen LogP contribution in [0.15, 0.2) is 36.7 Å². The monoisotopic (exact) mass is 379 g/mol. The number of hydrogen-bond acceptors (Lipinski definition) is 5. The summed E-state index contributed by atoms with van der Waals surface area (Å²) in [5.41, 5.74) is 2.42. The van der Waals surface area contributed by atoms with Crippen LogP contribution in [-0.4, -0.2) is 42.1 Å². The second-order valence-corrected chi connectivity index (χ2v) is 8.00. The van der Waals surface area contributed by atoms with Crippen LogP contribution in [0.3, 0.4) is 0 Å². The van der Waals surface area contributed by atoms with Crippen molar-refractivity contribution in [2.75, 3.05) is 41.3 Å². The number of benzene rings is 1. The van der Waals surface area contributed by atoms with Crippen molar-refractivity contribution in [2.24, 2.45) is 5.92 Å². The van der Waals surface area contributed by atoms with Crippen molar-refractivity contribution in [3.8, 4) is 0 Å². The van der Waals surface area contributed by atoms with E-state index in [9.17, 15) is 4.79 Å². The van der Waals surface area contributed by atoms with Gasteiger partial charge in [-0.25, -0.2) is 9.97 Å². The summed E-state index contributed by atoms with van der Waals surface area (Å²) in [5.74, 6) is 1.30. The molecule has 1 unspecified atom stereocenters. The van der Waals surface area contributed by atoms with Crippen molar-refractivity contribution in [3.63, 3.8) is 0 Å². The van der Waals surface area contributed by atoms with Crippen molar-refractivity contribution >= 4 is 23.1 Å². The van der Waals surface area contributed by atoms with Crippen LogP contribution >= 0.6 is 0 Å². The molecule has 0 radical (unpaired) electrons. The fourth-order valence-corrected chi connectivity index (χ4v) is 4.14. The topological polar surface area (TPSA) is 61.4 Å². The molecule has 1 aromatic carbocycles. The Balaban J connectivity index is 1.41. The van der Waals surface area contributed by atoms with Crippen molar-refractivity contribution < 1.29 is 4.79 Å². The van der Waals surface area contributed by atoms with Gasteiger partial charge in [0.05, 0.1) is 0 Å². The molecule has 6 heteroatoms. The molecule has 2 saturated heterocycles. The summed E-state index contributed by atoms with van der Waals surface area (Å²) in [6, 6.07) is 9.91. The maximum Gasteiger partial charge on any atom is 0.274 e. The Morgan fingerprint density at radius 2 is 1.75 bits per heavy atom. The third-order valence-electron chi connectivity index (χ3n) is 5.71. The molecule has 148 valence electrons. The Hall–Kier alpha value is -2.63. The summed E-state index contributed by atoms with van der Waals surface area (Å²) in [7, 11) is 0. The molecule has 0 spiro atoms. The van der Waals surface area contributed by atoms with E-state index in [0.29, 0.717) is 11.6 Å². The van der Waals surface area contributed by atoms with E-state index < -0.39 is 0 Å². The first-order valence-corrected chi connectivity index (χ1v) is 10.4. The molecule has 0 aliphatic carbocycles. The number of nitrogens with zero attached hydrogens (tertiary/aromatic N) is 4. The van der Waals surface area contributed by atoms with Gasteiger partial charge in [0.1, 0.15) is 17.8 Å². The van der Waals surface area contributed by atoms with Crippen LogP contribution in [0.5, 0.6) is 0 Å². The predicted octanol–water partition coefficient (Wildman–Crippen LogP) is 3.96. The average molecular weight is 380 g/mol. The third kappa shape index (κ3) is 4.43. The highest BCUT2D eigenvalue weighted by Crippen LogP contribution is 2.23. The van der Waals surface area contributed by atoms with E-state index in [1.54, 1.807) is 6.07 Å². The molecule has 1 amide bonds. The molecule has 3 heterocycles. The molecular formula is C22H29N5O. The lowest BCUT2D eigenvalue weighted by Crippen LogP contribution is -2.35. The number of anilines is 3. The molecule has 2 aliphatic rings. The number of amides is 1. The van der Waals surface area contributed by atoms with Gasteiger partial charge >= 0.3 is 0 Å². The Morgan fingerprint density at radius 1 is 1.00 bits per heavy atom. The van der Waals surface area contributed by atoms with Gasteiger partial charge in [0, 0.05) is 43.6 Å². The molecule has 2 aliphatic heterocycles. The lowest BCUT2D eigenvalue weighted by molar-refractivity contribution is 0.102. The molecular weight excluding hydrogens is 350 g/mol. The molecule has 2 fully saturated rings. The molecule has 6 nitrogen and oxygen atoms in total. The highest BCUT2D eigenvalue weighted by Gasteiger charge is 2.19. The van der Waals surface area contributed by atoms with Crippen LogP contribution in [0.2, 0.25) is 0 Å². The average Bonchev–Trinajstić information content (AvgIpc) is 2.75. The fourth-order valence-electron chi connectivity index (χ4n) is 4.14. The van der Waals surface area contributed by atoms with Crippen molar-refractivity contribution in [3.05, 3.63) is 42.4 Å². The standard InChI is InChI=1S/C22H29N5O/c1-17-6-5-13-27(15-17)21-14-20(23-16-24-21)22(28)25-18-7-9-19(10-8-18)26-11-3-2-4-12-26/h7-10,14,16-17H,2-6,11-13,15H2,1H3,(H,25,28). The summed E-state index contributed by atoms with van der Waals surface area (Å²) < 4.78 is 0. The van der Waals surface area contributed by atoms with Crippen LogP contribution in [0.1, 0.15) is 49.5 Å². The Morgan fingerprint density at radius 3 is 2.50 bits per heavy atom. The Bertz CT molecular complexity index is 801. The molecule has 28 heavy (non-hydrogen) atoms. The normalized spacial score (nSPS) is 20.1. The van der Waals surface area contributed by atoms with Crippen molar-refractivity contribution in [1.29, 1.82) is 0 Å².